The summed E-state index contributed by atoms with van der Waals surface area (Å²) in [5, 5.41) is 10.6. The van der Waals surface area contributed by atoms with E-state index in [-0.39, 0.29) is 25.7 Å². The molecular formula is C73H142O17P2. The van der Waals surface area contributed by atoms with E-state index >= 15 is 0 Å². The molecule has 4 unspecified atom stereocenters. The molecule has 0 aromatic rings. The van der Waals surface area contributed by atoms with E-state index in [4.69, 9.17) is 37.0 Å². The van der Waals surface area contributed by atoms with Gasteiger partial charge in [0.1, 0.15) is 19.3 Å². The Labute approximate surface area is 562 Å². The number of unbranched alkanes of at least 4 members (excludes halogenated alkanes) is 40. The molecule has 19 heteroatoms. The van der Waals surface area contributed by atoms with E-state index in [2.05, 4.69) is 41.5 Å². The maximum Gasteiger partial charge on any atom is 0.472 e. The fraction of sp³-hybridized carbons (Fsp3) is 0.945. The quantitative estimate of drug-likeness (QED) is 0.0222. The van der Waals surface area contributed by atoms with Crippen LogP contribution in [0.4, 0.5) is 0 Å². The first-order valence-corrected chi connectivity index (χ1v) is 41.1. The number of carbonyl (C=O) groups excluding carboxylic acids is 4. The molecule has 0 saturated heterocycles. The second-order valence-electron chi connectivity index (χ2n) is 26.8. The third kappa shape index (κ3) is 64.1. The van der Waals surface area contributed by atoms with Crippen molar-refractivity contribution in [2.24, 2.45) is 11.8 Å². The van der Waals surface area contributed by atoms with Crippen molar-refractivity contribution in [1.82, 2.24) is 0 Å². The smallest absolute Gasteiger partial charge is 0.462 e. The second kappa shape index (κ2) is 65.0. The van der Waals surface area contributed by atoms with Crippen LogP contribution in [0.2, 0.25) is 0 Å². The van der Waals surface area contributed by atoms with Crippen LogP contribution in [-0.2, 0) is 65.4 Å². The predicted molar refractivity (Wildman–Crippen MR) is 372 cm³/mol. The van der Waals surface area contributed by atoms with Crippen molar-refractivity contribution in [2.75, 3.05) is 39.6 Å². The average molecular weight is 1350 g/mol. The standard InChI is InChI=1S/C73H142O17P2/c1-7-11-13-15-17-30-39-45-51-57-72(77)89-68(61-83-70(75)55-49-43-35-16-14-12-8-2)63-87-91(79,80)85-59-67(74)60-86-92(81,82)88-64-69(62-84-71(76)56-50-44-38-33-29-28-32-37-42-48-54-66(6)10-4)90-73(78)58-52-46-40-34-27-25-23-21-19-18-20-22-24-26-31-36-41-47-53-65(5)9-3/h65-69,74H,7-64H2,1-6H3,(H,79,80)(H,81,82)/t65?,66?,67-,68+,69+/m0/s1. The van der Waals surface area contributed by atoms with Gasteiger partial charge in [-0.2, -0.15) is 0 Å². The molecule has 0 bridgehead atoms. The van der Waals surface area contributed by atoms with E-state index in [1.807, 2.05) is 0 Å². The van der Waals surface area contributed by atoms with Crippen molar-refractivity contribution in [3.05, 3.63) is 0 Å². The van der Waals surface area contributed by atoms with Gasteiger partial charge in [0.05, 0.1) is 26.4 Å². The molecule has 0 aliphatic heterocycles. The predicted octanol–water partition coefficient (Wildman–Crippen LogP) is 21.2. The van der Waals surface area contributed by atoms with Gasteiger partial charge in [-0.05, 0) is 37.5 Å². The molecule has 3 N–H and O–H groups in total. The summed E-state index contributed by atoms with van der Waals surface area (Å²) in [4.78, 5) is 72.4. The highest BCUT2D eigenvalue weighted by molar-refractivity contribution is 7.47. The highest BCUT2D eigenvalue weighted by Crippen LogP contribution is 2.45. The molecule has 0 aliphatic rings. The minimum atomic E-state index is -4.95. The van der Waals surface area contributed by atoms with Crippen molar-refractivity contribution in [2.45, 2.75) is 394 Å². The van der Waals surface area contributed by atoms with Crippen LogP contribution >= 0.6 is 15.6 Å². The highest BCUT2D eigenvalue weighted by Gasteiger charge is 2.30. The Morgan fingerprint density at radius 2 is 0.522 bits per heavy atom. The summed E-state index contributed by atoms with van der Waals surface area (Å²) < 4.78 is 68.2. The summed E-state index contributed by atoms with van der Waals surface area (Å²) in [6, 6.07) is 0. The Morgan fingerprint density at radius 1 is 0.304 bits per heavy atom. The third-order valence-electron chi connectivity index (χ3n) is 17.7. The first-order chi connectivity index (χ1) is 44.4. The van der Waals surface area contributed by atoms with Crippen LogP contribution in [-0.4, -0.2) is 96.7 Å². The highest BCUT2D eigenvalue weighted by atomic mass is 31.2. The van der Waals surface area contributed by atoms with E-state index in [0.717, 1.165) is 115 Å². The summed E-state index contributed by atoms with van der Waals surface area (Å²) in [5.41, 5.74) is 0. The van der Waals surface area contributed by atoms with Crippen molar-refractivity contribution in [3.63, 3.8) is 0 Å². The number of rotatable bonds is 72. The Balaban J connectivity index is 5.13. The molecule has 0 heterocycles. The van der Waals surface area contributed by atoms with Gasteiger partial charge in [0.15, 0.2) is 12.2 Å². The molecule has 17 nitrogen and oxygen atoms in total. The second-order valence-corrected chi connectivity index (χ2v) is 29.7. The van der Waals surface area contributed by atoms with Gasteiger partial charge in [-0.3, -0.25) is 37.3 Å². The lowest BCUT2D eigenvalue weighted by Gasteiger charge is -2.21. The zero-order valence-electron chi connectivity index (χ0n) is 59.9. The Kier molecular flexibility index (Phi) is 63.7. The maximum absolute atomic E-state index is 13.1. The number of hydrogen-bond donors (Lipinski definition) is 3. The van der Waals surface area contributed by atoms with Crippen molar-refractivity contribution < 1.29 is 80.2 Å². The van der Waals surface area contributed by atoms with Crippen LogP contribution < -0.4 is 0 Å². The van der Waals surface area contributed by atoms with Gasteiger partial charge in [-0.25, -0.2) is 9.13 Å². The number of hydrogen-bond acceptors (Lipinski definition) is 15. The van der Waals surface area contributed by atoms with Crippen molar-refractivity contribution in [3.8, 4) is 0 Å². The van der Waals surface area contributed by atoms with E-state index in [1.165, 1.54) is 180 Å². The van der Waals surface area contributed by atoms with Crippen molar-refractivity contribution >= 4 is 39.5 Å². The summed E-state index contributed by atoms with van der Waals surface area (Å²) in [5.74, 6) is -0.446. The Bertz CT molecular complexity index is 1790. The molecule has 0 spiro atoms. The largest absolute Gasteiger partial charge is 0.472 e. The first-order valence-electron chi connectivity index (χ1n) is 38.1. The number of carbonyl (C=O) groups is 4. The zero-order valence-corrected chi connectivity index (χ0v) is 61.6. The molecule has 0 aliphatic carbocycles. The van der Waals surface area contributed by atoms with Crippen LogP contribution in [0.5, 0.6) is 0 Å². The first kappa shape index (κ1) is 90.1. The molecule has 92 heavy (non-hydrogen) atoms. The number of esters is 4. The average Bonchev–Trinajstić information content (AvgIpc) is 1.93. The lowest BCUT2D eigenvalue weighted by atomic mass is 9.99. The number of aliphatic hydroxyl groups excluding tert-OH is 1. The van der Waals surface area contributed by atoms with E-state index in [1.54, 1.807) is 0 Å². The fourth-order valence-corrected chi connectivity index (χ4v) is 12.6. The Morgan fingerprint density at radius 3 is 0.772 bits per heavy atom. The molecule has 0 saturated carbocycles. The van der Waals surface area contributed by atoms with Gasteiger partial charge in [-0.15, -0.1) is 0 Å². The van der Waals surface area contributed by atoms with Gasteiger partial charge in [0, 0.05) is 25.7 Å². The van der Waals surface area contributed by atoms with Gasteiger partial charge < -0.3 is 33.8 Å². The molecule has 0 amide bonds. The van der Waals surface area contributed by atoms with Crippen LogP contribution in [0.3, 0.4) is 0 Å². The van der Waals surface area contributed by atoms with Gasteiger partial charge in [0.2, 0.25) is 0 Å². The van der Waals surface area contributed by atoms with Gasteiger partial charge in [-0.1, -0.05) is 324 Å². The van der Waals surface area contributed by atoms with Gasteiger partial charge >= 0.3 is 39.5 Å². The number of phosphoric acid groups is 2. The van der Waals surface area contributed by atoms with E-state index < -0.39 is 97.5 Å². The lowest BCUT2D eigenvalue weighted by Crippen LogP contribution is -2.30. The van der Waals surface area contributed by atoms with Crippen LogP contribution in [0.25, 0.3) is 0 Å². The minimum Gasteiger partial charge on any atom is -0.462 e. The summed E-state index contributed by atoms with van der Waals surface area (Å²) in [6.07, 6.45) is 51.5. The number of ether oxygens (including phenoxy) is 4. The molecule has 7 atom stereocenters. The normalized spacial score (nSPS) is 14.7. The van der Waals surface area contributed by atoms with E-state index in [9.17, 15) is 43.2 Å². The zero-order chi connectivity index (χ0) is 67.9. The van der Waals surface area contributed by atoms with Crippen molar-refractivity contribution in [1.29, 1.82) is 0 Å². The summed E-state index contributed by atoms with van der Waals surface area (Å²) >= 11 is 0. The fourth-order valence-electron chi connectivity index (χ4n) is 11.1. The lowest BCUT2D eigenvalue weighted by molar-refractivity contribution is -0.161. The molecule has 0 aromatic carbocycles. The summed E-state index contributed by atoms with van der Waals surface area (Å²) in [6.45, 7) is 9.60. The van der Waals surface area contributed by atoms with Gasteiger partial charge in [0.25, 0.3) is 0 Å². The molecular weight excluding hydrogens is 1210 g/mol. The molecule has 0 radical (unpaired) electrons. The van der Waals surface area contributed by atoms with Crippen LogP contribution in [0.1, 0.15) is 375 Å². The van der Waals surface area contributed by atoms with Crippen LogP contribution in [0.15, 0.2) is 0 Å². The Hall–Kier alpha value is -1.94. The molecule has 0 rings (SSSR count). The summed E-state index contributed by atoms with van der Waals surface area (Å²) in [7, 11) is -9.90. The molecule has 546 valence electrons. The monoisotopic (exact) mass is 1350 g/mol. The topological polar surface area (TPSA) is 237 Å². The SMILES string of the molecule is CCCCCCCCCCCC(=O)O[C@H](COC(=O)CCCCCCCCC)COP(=O)(O)OC[C@H](O)COP(=O)(O)OC[C@@H](COC(=O)CCCCCCCCCCCCC(C)CC)OC(=O)CCCCCCCCCCCCCCCCCCCCC(C)CC. The molecule has 0 aromatic heterocycles. The molecule has 0 fully saturated rings. The number of phosphoric ester groups is 2. The maximum atomic E-state index is 13.1. The minimum absolute atomic E-state index is 0.105. The third-order valence-corrected chi connectivity index (χ3v) is 19.6. The van der Waals surface area contributed by atoms with E-state index in [0.29, 0.717) is 25.7 Å². The number of aliphatic hydroxyl groups is 1. The van der Waals surface area contributed by atoms with Crippen LogP contribution in [0, 0.1) is 11.8 Å².